The monoisotopic (exact) mass is 331 g/mol. The fourth-order valence-corrected chi connectivity index (χ4v) is 4.74. The van der Waals surface area contributed by atoms with Crippen molar-refractivity contribution in [2.75, 3.05) is 13.6 Å². The van der Waals surface area contributed by atoms with Gasteiger partial charge in [-0.1, -0.05) is 41.4 Å². The van der Waals surface area contributed by atoms with Gasteiger partial charge in [-0.3, -0.25) is 4.90 Å². The minimum Gasteiger partial charge on any atom is -0.299 e. The summed E-state index contributed by atoms with van der Waals surface area (Å²) < 4.78 is 0. The molecule has 1 heterocycles. The van der Waals surface area contributed by atoms with E-state index in [1.165, 1.54) is 36.1 Å². The van der Waals surface area contributed by atoms with Gasteiger partial charge in [-0.05, 0) is 73.3 Å². The molecule has 0 bridgehead atoms. The Bertz CT molecular complexity index is 695. The second kappa shape index (κ2) is 5.56. The number of benzene rings is 2. The average molecular weight is 332 g/mol. The molecule has 0 aromatic heterocycles. The van der Waals surface area contributed by atoms with Crippen LogP contribution in [0.25, 0.3) is 0 Å². The van der Waals surface area contributed by atoms with Gasteiger partial charge in [0.2, 0.25) is 0 Å². The topological polar surface area (TPSA) is 3.24 Å². The molecule has 22 heavy (non-hydrogen) atoms. The predicted molar refractivity (Wildman–Crippen MR) is 92.8 cm³/mol. The third-order valence-corrected chi connectivity index (χ3v) is 5.78. The maximum absolute atomic E-state index is 6.30. The van der Waals surface area contributed by atoms with Gasteiger partial charge in [0.05, 0.1) is 0 Å². The maximum atomic E-state index is 6.30. The van der Waals surface area contributed by atoms with E-state index in [9.17, 15) is 0 Å². The van der Waals surface area contributed by atoms with E-state index >= 15 is 0 Å². The Hall–Kier alpha value is -1.02. The number of likely N-dealkylation sites (tertiary alicyclic amines) is 1. The smallest absolute Gasteiger partial charge is 0.0409 e. The first-order valence-corrected chi connectivity index (χ1v) is 8.66. The Kier molecular flexibility index (Phi) is 3.68. The lowest BCUT2D eigenvalue weighted by Gasteiger charge is -2.37. The number of nitrogens with zero attached hydrogens (tertiary/aromatic N) is 1. The molecule has 2 aromatic rings. The summed E-state index contributed by atoms with van der Waals surface area (Å²) in [6, 6.07) is 15.3. The molecule has 1 saturated heterocycles. The fourth-order valence-electron chi connectivity index (χ4n) is 4.43. The Labute approximate surface area is 141 Å². The summed E-state index contributed by atoms with van der Waals surface area (Å²) in [4.78, 5) is 2.51. The normalized spacial score (nSPS) is 27.5. The maximum Gasteiger partial charge on any atom is 0.0409 e. The van der Waals surface area contributed by atoms with Crippen LogP contribution in [0.3, 0.4) is 0 Å². The van der Waals surface area contributed by atoms with E-state index in [1.54, 1.807) is 0 Å². The number of hydrogen-bond donors (Lipinski definition) is 0. The zero-order valence-electron chi connectivity index (χ0n) is 12.6. The molecule has 1 aliphatic carbocycles. The highest BCUT2D eigenvalue weighted by Crippen LogP contribution is 2.54. The van der Waals surface area contributed by atoms with E-state index < -0.39 is 0 Å². The molecule has 1 aliphatic heterocycles. The van der Waals surface area contributed by atoms with Crippen LogP contribution in [-0.2, 0) is 0 Å². The molecule has 2 aromatic carbocycles. The van der Waals surface area contributed by atoms with E-state index in [0.717, 1.165) is 10.0 Å². The molecule has 0 N–H and O–H groups in total. The van der Waals surface area contributed by atoms with E-state index in [4.69, 9.17) is 23.2 Å². The van der Waals surface area contributed by atoms with Gasteiger partial charge in [-0.2, -0.15) is 0 Å². The average Bonchev–Trinajstić information content (AvgIpc) is 2.83. The van der Waals surface area contributed by atoms with Gasteiger partial charge in [0.1, 0.15) is 0 Å². The molecule has 3 atom stereocenters. The highest BCUT2D eigenvalue weighted by molar-refractivity contribution is 6.31. The van der Waals surface area contributed by atoms with Crippen LogP contribution >= 0.6 is 23.2 Å². The van der Waals surface area contributed by atoms with Gasteiger partial charge in [-0.15, -0.1) is 0 Å². The van der Waals surface area contributed by atoms with Crippen LogP contribution in [0.5, 0.6) is 0 Å². The SMILES string of the molecule is CN1CCCC2C(c3ccc(Cl)cc3)c3cc(Cl)ccc3C21. The summed E-state index contributed by atoms with van der Waals surface area (Å²) in [5, 5.41) is 1.63. The highest BCUT2D eigenvalue weighted by Gasteiger charge is 2.44. The van der Waals surface area contributed by atoms with Crippen LogP contribution in [0.4, 0.5) is 0 Å². The fraction of sp³-hybridized carbons (Fsp3) is 0.368. The lowest BCUT2D eigenvalue weighted by atomic mass is 9.80. The third kappa shape index (κ3) is 2.27. The number of fused-ring (bicyclic) bond motifs is 3. The van der Waals surface area contributed by atoms with E-state index in [0.29, 0.717) is 17.9 Å². The first-order valence-electron chi connectivity index (χ1n) is 7.90. The summed E-state index contributed by atoms with van der Waals surface area (Å²) in [5.74, 6) is 1.06. The van der Waals surface area contributed by atoms with Gasteiger partial charge in [0.15, 0.2) is 0 Å². The van der Waals surface area contributed by atoms with Crippen molar-refractivity contribution in [3.05, 3.63) is 69.2 Å². The molecule has 1 nitrogen and oxygen atoms in total. The van der Waals surface area contributed by atoms with E-state index in [1.807, 2.05) is 18.2 Å². The zero-order valence-corrected chi connectivity index (χ0v) is 14.1. The Morgan fingerprint density at radius 3 is 2.45 bits per heavy atom. The molecule has 0 radical (unpaired) electrons. The Balaban J connectivity index is 1.86. The third-order valence-electron chi connectivity index (χ3n) is 5.29. The molecule has 1 fully saturated rings. The van der Waals surface area contributed by atoms with Crippen molar-refractivity contribution in [3.63, 3.8) is 0 Å². The summed E-state index contributed by atoms with van der Waals surface area (Å²) in [6.45, 7) is 1.18. The standard InChI is InChI=1S/C19H19Cl2N/c1-22-10-2-3-16-18(12-4-6-13(20)7-5-12)17-11-14(21)8-9-15(17)19(16)22/h4-9,11,16,18-19H,2-3,10H2,1H3. The van der Waals surface area contributed by atoms with Crippen molar-refractivity contribution in [2.24, 2.45) is 5.92 Å². The molecule has 0 spiro atoms. The Morgan fingerprint density at radius 1 is 0.955 bits per heavy atom. The van der Waals surface area contributed by atoms with Crippen molar-refractivity contribution in [2.45, 2.75) is 24.8 Å². The van der Waals surface area contributed by atoms with Crippen LogP contribution in [0.15, 0.2) is 42.5 Å². The quantitative estimate of drug-likeness (QED) is 0.664. The minimum absolute atomic E-state index is 0.429. The van der Waals surface area contributed by atoms with E-state index in [-0.39, 0.29) is 0 Å². The molecule has 0 amide bonds. The van der Waals surface area contributed by atoms with Crippen molar-refractivity contribution >= 4 is 23.2 Å². The summed E-state index contributed by atoms with van der Waals surface area (Å²) in [7, 11) is 2.25. The molecular weight excluding hydrogens is 313 g/mol. The van der Waals surface area contributed by atoms with Gasteiger partial charge in [0, 0.05) is 22.0 Å². The highest BCUT2D eigenvalue weighted by atomic mass is 35.5. The van der Waals surface area contributed by atoms with Gasteiger partial charge < -0.3 is 0 Å². The van der Waals surface area contributed by atoms with Crippen LogP contribution < -0.4 is 0 Å². The number of halogens is 2. The number of rotatable bonds is 1. The minimum atomic E-state index is 0.429. The molecule has 3 unspecified atom stereocenters. The van der Waals surface area contributed by atoms with Crippen LogP contribution in [0.1, 0.15) is 41.5 Å². The van der Waals surface area contributed by atoms with Crippen molar-refractivity contribution in [1.29, 1.82) is 0 Å². The molecule has 0 saturated carbocycles. The zero-order chi connectivity index (χ0) is 15.3. The number of piperidine rings is 1. The predicted octanol–water partition coefficient (Wildman–Crippen LogP) is 5.52. The number of hydrogen-bond acceptors (Lipinski definition) is 1. The molecule has 2 aliphatic rings. The van der Waals surface area contributed by atoms with E-state index in [2.05, 4.69) is 36.2 Å². The van der Waals surface area contributed by atoms with Crippen molar-refractivity contribution < 1.29 is 0 Å². The second-order valence-electron chi connectivity index (χ2n) is 6.53. The van der Waals surface area contributed by atoms with Crippen LogP contribution in [0, 0.1) is 5.92 Å². The lowest BCUT2D eigenvalue weighted by Crippen LogP contribution is -2.34. The molecular formula is C19H19Cl2N. The lowest BCUT2D eigenvalue weighted by molar-refractivity contribution is 0.127. The van der Waals surface area contributed by atoms with Gasteiger partial charge in [0.25, 0.3) is 0 Å². The summed E-state index contributed by atoms with van der Waals surface area (Å²) in [5.41, 5.74) is 4.21. The summed E-state index contributed by atoms with van der Waals surface area (Å²) in [6.07, 6.45) is 2.54. The second-order valence-corrected chi connectivity index (χ2v) is 7.41. The van der Waals surface area contributed by atoms with Crippen molar-refractivity contribution in [1.82, 2.24) is 4.90 Å². The molecule has 4 rings (SSSR count). The van der Waals surface area contributed by atoms with Gasteiger partial charge in [-0.25, -0.2) is 0 Å². The van der Waals surface area contributed by atoms with Crippen molar-refractivity contribution in [3.8, 4) is 0 Å². The van der Waals surface area contributed by atoms with Crippen LogP contribution in [-0.4, -0.2) is 18.5 Å². The summed E-state index contributed by atoms with van der Waals surface area (Å²) >= 11 is 12.4. The van der Waals surface area contributed by atoms with Gasteiger partial charge >= 0.3 is 0 Å². The van der Waals surface area contributed by atoms with Crippen LogP contribution in [0.2, 0.25) is 10.0 Å². The first-order chi connectivity index (χ1) is 10.6. The first kappa shape index (κ1) is 14.6. The molecule has 3 heteroatoms. The molecule has 114 valence electrons. The largest absolute Gasteiger partial charge is 0.299 e. The Morgan fingerprint density at radius 2 is 1.68 bits per heavy atom.